The summed E-state index contributed by atoms with van der Waals surface area (Å²) in [6.07, 6.45) is 4.46. The van der Waals surface area contributed by atoms with Crippen molar-refractivity contribution in [2.75, 3.05) is 25.5 Å². The third-order valence-corrected chi connectivity index (χ3v) is 4.05. The maximum Gasteiger partial charge on any atom is 0.119 e. The van der Waals surface area contributed by atoms with Gasteiger partial charge in [0.1, 0.15) is 5.75 Å². The lowest BCUT2D eigenvalue weighted by Crippen LogP contribution is -2.13. The van der Waals surface area contributed by atoms with Gasteiger partial charge in [-0.3, -0.25) is 4.98 Å². The Morgan fingerprint density at radius 2 is 2.23 bits per heavy atom. The fourth-order valence-electron chi connectivity index (χ4n) is 3.01. The SMILES string of the molecule is COc1ccc2nc3c(c(NCCN=[N+]=[N-])c2c1)CCCC3. The number of methoxy groups -OCH3 is 1. The average Bonchev–Trinajstić information content (AvgIpc) is 2.57. The van der Waals surface area contributed by atoms with Gasteiger partial charge >= 0.3 is 0 Å². The van der Waals surface area contributed by atoms with Crippen LogP contribution in [0.4, 0.5) is 5.69 Å². The van der Waals surface area contributed by atoms with Crippen molar-refractivity contribution in [3.63, 3.8) is 0 Å². The van der Waals surface area contributed by atoms with Crippen LogP contribution in [0.1, 0.15) is 24.1 Å². The molecule has 0 spiro atoms. The van der Waals surface area contributed by atoms with Gasteiger partial charge < -0.3 is 10.1 Å². The second-order valence-corrected chi connectivity index (χ2v) is 5.38. The first kappa shape index (κ1) is 14.5. The summed E-state index contributed by atoms with van der Waals surface area (Å²) in [4.78, 5) is 7.62. The highest BCUT2D eigenvalue weighted by molar-refractivity contribution is 5.94. The molecule has 1 heterocycles. The van der Waals surface area contributed by atoms with Crippen LogP contribution in [0.15, 0.2) is 23.3 Å². The molecule has 0 saturated carbocycles. The van der Waals surface area contributed by atoms with Crippen LogP contribution in [0.3, 0.4) is 0 Å². The highest BCUT2D eigenvalue weighted by Crippen LogP contribution is 2.34. The molecule has 0 aliphatic heterocycles. The van der Waals surface area contributed by atoms with Gasteiger partial charge in [-0.25, -0.2) is 0 Å². The van der Waals surface area contributed by atoms with E-state index in [9.17, 15) is 0 Å². The second kappa shape index (κ2) is 6.54. The summed E-state index contributed by atoms with van der Waals surface area (Å²) < 4.78 is 5.34. The smallest absolute Gasteiger partial charge is 0.119 e. The van der Waals surface area contributed by atoms with Crippen molar-refractivity contribution in [1.82, 2.24) is 4.98 Å². The van der Waals surface area contributed by atoms with E-state index in [0.717, 1.165) is 35.2 Å². The van der Waals surface area contributed by atoms with Crippen molar-refractivity contribution in [2.45, 2.75) is 25.7 Å². The molecule has 2 aromatic rings. The zero-order valence-electron chi connectivity index (χ0n) is 12.7. The Hall–Kier alpha value is -2.46. The van der Waals surface area contributed by atoms with E-state index >= 15 is 0 Å². The normalized spacial score (nSPS) is 13.3. The van der Waals surface area contributed by atoms with Gasteiger partial charge in [-0.15, -0.1) is 0 Å². The van der Waals surface area contributed by atoms with E-state index in [-0.39, 0.29) is 0 Å². The average molecular weight is 297 g/mol. The third kappa shape index (κ3) is 2.78. The van der Waals surface area contributed by atoms with Gasteiger partial charge in [-0.2, -0.15) is 0 Å². The number of aryl methyl sites for hydroxylation is 1. The number of nitrogens with zero attached hydrogens (tertiary/aromatic N) is 4. The molecule has 1 aromatic heterocycles. The van der Waals surface area contributed by atoms with E-state index in [0.29, 0.717) is 13.1 Å². The Balaban J connectivity index is 2.07. The van der Waals surface area contributed by atoms with Crippen molar-refractivity contribution in [1.29, 1.82) is 0 Å². The van der Waals surface area contributed by atoms with Crippen molar-refractivity contribution < 1.29 is 4.74 Å². The molecule has 0 fully saturated rings. The summed E-state index contributed by atoms with van der Waals surface area (Å²) in [6.45, 7) is 1.05. The number of rotatable bonds is 5. The highest BCUT2D eigenvalue weighted by Gasteiger charge is 2.18. The molecule has 0 radical (unpaired) electrons. The number of hydrogen-bond donors (Lipinski definition) is 1. The second-order valence-electron chi connectivity index (χ2n) is 5.38. The summed E-state index contributed by atoms with van der Waals surface area (Å²) in [5.74, 6) is 0.822. The third-order valence-electron chi connectivity index (χ3n) is 4.05. The first-order valence-electron chi connectivity index (χ1n) is 7.57. The first-order chi connectivity index (χ1) is 10.8. The number of azide groups is 1. The Bertz CT molecular complexity index is 737. The molecule has 1 aliphatic rings. The molecule has 0 unspecified atom stereocenters. The van der Waals surface area contributed by atoms with E-state index < -0.39 is 0 Å². The number of benzene rings is 1. The number of anilines is 1. The Morgan fingerprint density at radius 3 is 3.05 bits per heavy atom. The minimum Gasteiger partial charge on any atom is -0.497 e. The van der Waals surface area contributed by atoms with E-state index in [1.165, 1.54) is 24.1 Å². The Morgan fingerprint density at radius 1 is 1.36 bits per heavy atom. The lowest BCUT2D eigenvalue weighted by atomic mass is 9.92. The lowest BCUT2D eigenvalue weighted by molar-refractivity contribution is 0.415. The fraction of sp³-hybridized carbons (Fsp3) is 0.438. The largest absolute Gasteiger partial charge is 0.497 e. The number of aromatic nitrogens is 1. The molecule has 0 amide bonds. The first-order valence-corrected chi connectivity index (χ1v) is 7.57. The molecule has 0 atom stereocenters. The molecule has 1 N–H and O–H groups in total. The van der Waals surface area contributed by atoms with Crippen molar-refractivity contribution in [3.8, 4) is 5.75 Å². The summed E-state index contributed by atoms with van der Waals surface area (Å²) in [5, 5.41) is 8.10. The van der Waals surface area contributed by atoms with Crippen LogP contribution in [0.2, 0.25) is 0 Å². The van der Waals surface area contributed by atoms with Gasteiger partial charge in [0.05, 0.1) is 12.6 Å². The van der Waals surface area contributed by atoms with Crippen LogP contribution >= 0.6 is 0 Å². The maximum atomic E-state index is 8.40. The lowest BCUT2D eigenvalue weighted by Gasteiger charge is -2.21. The molecule has 6 heteroatoms. The summed E-state index contributed by atoms with van der Waals surface area (Å²) in [6, 6.07) is 5.96. The Labute approximate surface area is 129 Å². The predicted molar refractivity (Wildman–Crippen MR) is 87.4 cm³/mol. The molecular formula is C16H19N5O. The number of hydrogen-bond acceptors (Lipinski definition) is 4. The van der Waals surface area contributed by atoms with E-state index in [1.807, 2.05) is 18.2 Å². The van der Waals surface area contributed by atoms with Crippen molar-refractivity contribution in [2.24, 2.45) is 5.11 Å². The predicted octanol–water partition coefficient (Wildman–Crippen LogP) is 3.84. The van der Waals surface area contributed by atoms with Gasteiger partial charge in [0.15, 0.2) is 0 Å². The topological polar surface area (TPSA) is 82.9 Å². The van der Waals surface area contributed by atoms with E-state index in [2.05, 4.69) is 15.3 Å². The monoisotopic (exact) mass is 297 g/mol. The maximum absolute atomic E-state index is 8.40. The van der Waals surface area contributed by atoms with Crippen LogP contribution in [0.5, 0.6) is 5.75 Å². The van der Waals surface area contributed by atoms with Crippen LogP contribution < -0.4 is 10.1 Å². The molecule has 6 nitrogen and oxygen atoms in total. The van der Waals surface area contributed by atoms with Crippen LogP contribution in [-0.2, 0) is 12.8 Å². The van der Waals surface area contributed by atoms with Gasteiger partial charge in [-0.1, -0.05) is 5.11 Å². The van der Waals surface area contributed by atoms with E-state index in [1.54, 1.807) is 7.11 Å². The fourth-order valence-corrected chi connectivity index (χ4v) is 3.01. The molecule has 3 rings (SSSR count). The zero-order chi connectivity index (χ0) is 15.4. The minimum absolute atomic E-state index is 0.430. The highest BCUT2D eigenvalue weighted by atomic mass is 16.5. The van der Waals surface area contributed by atoms with Crippen LogP contribution in [0, 0.1) is 0 Å². The van der Waals surface area contributed by atoms with E-state index in [4.69, 9.17) is 15.3 Å². The summed E-state index contributed by atoms with van der Waals surface area (Å²) in [5.41, 5.74) is 13.0. The molecule has 114 valence electrons. The van der Waals surface area contributed by atoms with Gasteiger partial charge in [-0.05, 0) is 55.0 Å². The van der Waals surface area contributed by atoms with Crippen LogP contribution in [-0.4, -0.2) is 25.2 Å². The van der Waals surface area contributed by atoms with Crippen molar-refractivity contribution in [3.05, 3.63) is 39.9 Å². The standard InChI is InChI=1S/C16H19N5O/c1-22-11-6-7-15-13(10-11)16(18-8-9-19-21-17)12-4-2-3-5-14(12)20-15/h6-7,10H,2-5,8-9H2,1H3,(H,18,20). The molecule has 1 aliphatic carbocycles. The molecular weight excluding hydrogens is 278 g/mol. The minimum atomic E-state index is 0.430. The summed E-state index contributed by atoms with van der Waals surface area (Å²) >= 11 is 0. The van der Waals surface area contributed by atoms with Gasteiger partial charge in [0.2, 0.25) is 0 Å². The Kier molecular flexibility index (Phi) is 4.30. The number of pyridine rings is 1. The molecule has 22 heavy (non-hydrogen) atoms. The quantitative estimate of drug-likeness (QED) is 0.394. The molecule has 0 saturated heterocycles. The molecule has 1 aromatic carbocycles. The van der Waals surface area contributed by atoms with Crippen molar-refractivity contribution >= 4 is 16.6 Å². The van der Waals surface area contributed by atoms with Crippen LogP contribution in [0.25, 0.3) is 21.3 Å². The zero-order valence-corrected chi connectivity index (χ0v) is 12.7. The number of nitrogens with one attached hydrogen (secondary N) is 1. The molecule has 0 bridgehead atoms. The van der Waals surface area contributed by atoms with Gasteiger partial charge in [0.25, 0.3) is 0 Å². The summed E-state index contributed by atoms with van der Waals surface area (Å²) in [7, 11) is 1.67. The number of ether oxygens (including phenoxy) is 1. The van der Waals surface area contributed by atoms with Gasteiger partial charge in [0, 0.05) is 34.8 Å². The number of fused-ring (bicyclic) bond motifs is 2.